The first kappa shape index (κ1) is 15.0. The van der Waals surface area contributed by atoms with Crippen molar-refractivity contribution in [3.05, 3.63) is 40.2 Å². The van der Waals surface area contributed by atoms with Gasteiger partial charge in [-0.15, -0.1) is 11.3 Å². The lowest BCUT2D eigenvalue weighted by atomic mass is 10.4. The monoisotopic (exact) mass is 309 g/mol. The zero-order chi connectivity index (χ0) is 15.2. The second kappa shape index (κ2) is 6.89. The highest BCUT2D eigenvalue weighted by atomic mass is 32.1. The van der Waals surface area contributed by atoms with Gasteiger partial charge in [-0.3, -0.25) is 0 Å². The summed E-state index contributed by atoms with van der Waals surface area (Å²) in [4.78, 5) is 28.0. The quantitative estimate of drug-likeness (QED) is 0.848. The number of thiazole rings is 1. The zero-order valence-corrected chi connectivity index (χ0v) is 12.2. The van der Waals surface area contributed by atoms with E-state index in [2.05, 4.69) is 10.3 Å². The summed E-state index contributed by atoms with van der Waals surface area (Å²) in [6.07, 6.45) is 2.06. The first-order valence-corrected chi connectivity index (χ1v) is 7.13. The molecule has 0 aliphatic heterocycles. The molecule has 0 aliphatic rings. The summed E-state index contributed by atoms with van der Waals surface area (Å²) in [6, 6.07) is 3.34. The van der Waals surface area contributed by atoms with Gasteiger partial charge in [0.1, 0.15) is 5.76 Å². The number of urea groups is 1. The van der Waals surface area contributed by atoms with Crippen LogP contribution in [0.25, 0.3) is 0 Å². The fourth-order valence-electron chi connectivity index (χ4n) is 1.64. The van der Waals surface area contributed by atoms with E-state index in [1.807, 2.05) is 0 Å². The Labute approximate surface area is 125 Å². The number of nitrogens with zero attached hydrogens (tertiary/aromatic N) is 2. The van der Waals surface area contributed by atoms with Gasteiger partial charge in [0, 0.05) is 25.4 Å². The van der Waals surface area contributed by atoms with Crippen LogP contribution in [0.2, 0.25) is 0 Å². The van der Waals surface area contributed by atoms with Crippen molar-refractivity contribution in [1.82, 2.24) is 15.2 Å². The highest BCUT2D eigenvalue weighted by Crippen LogP contribution is 2.10. The summed E-state index contributed by atoms with van der Waals surface area (Å²) in [7, 11) is 1.67. The number of carboxylic acid groups (broad SMARTS) is 1. The van der Waals surface area contributed by atoms with Crippen molar-refractivity contribution in [2.75, 3.05) is 13.6 Å². The van der Waals surface area contributed by atoms with E-state index >= 15 is 0 Å². The van der Waals surface area contributed by atoms with Gasteiger partial charge in [0.25, 0.3) is 0 Å². The number of aromatic carboxylic acids is 1. The molecule has 0 bridgehead atoms. The van der Waals surface area contributed by atoms with E-state index in [9.17, 15) is 9.59 Å². The third kappa shape index (κ3) is 4.32. The van der Waals surface area contributed by atoms with Crippen molar-refractivity contribution in [3.63, 3.8) is 0 Å². The number of furan rings is 1. The van der Waals surface area contributed by atoms with E-state index < -0.39 is 5.97 Å². The molecule has 2 aromatic heterocycles. The molecule has 2 N–H and O–H groups in total. The maximum absolute atomic E-state index is 11.8. The molecule has 0 saturated heterocycles. The molecular weight excluding hydrogens is 294 g/mol. The summed E-state index contributed by atoms with van der Waals surface area (Å²) in [6.45, 7) is 0.785. The topological polar surface area (TPSA) is 95.7 Å². The Morgan fingerprint density at radius 1 is 1.52 bits per heavy atom. The molecule has 0 spiro atoms. The third-order valence-corrected chi connectivity index (χ3v) is 3.61. The number of carbonyl (C=O) groups excluding carboxylic acids is 1. The predicted molar refractivity (Wildman–Crippen MR) is 76.4 cm³/mol. The molecule has 2 heterocycles. The highest BCUT2D eigenvalue weighted by molar-refractivity contribution is 7.09. The molecule has 2 rings (SSSR count). The number of amides is 2. The predicted octanol–water partition coefficient (Wildman–Crippen LogP) is 1.82. The molecule has 0 aliphatic carbocycles. The molecule has 0 atom stereocenters. The molecule has 2 aromatic rings. The van der Waals surface area contributed by atoms with E-state index in [1.165, 1.54) is 21.6 Å². The SMILES string of the molecule is CN(Cc1ccco1)C(=O)NCCc1nc(C(=O)O)cs1. The van der Waals surface area contributed by atoms with Crippen LogP contribution < -0.4 is 5.32 Å². The van der Waals surface area contributed by atoms with Crippen molar-refractivity contribution in [3.8, 4) is 0 Å². The van der Waals surface area contributed by atoms with Crippen LogP contribution in [0.5, 0.6) is 0 Å². The second-order valence-electron chi connectivity index (χ2n) is 4.35. The molecule has 112 valence electrons. The van der Waals surface area contributed by atoms with Gasteiger partial charge in [-0.05, 0) is 12.1 Å². The molecular formula is C13H15N3O4S. The summed E-state index contributed by atoms with van der Waals surface area (Å²) in [5.74, 6) is -0.335. The fraction of sp³-hybridized carbons (Fsp3) is 0.308. The Bertz CT molecular complexity index is 609. The number of aromatic nitrogens is 1. The zero-order valence-electron chi connectivity index (χ0n) is 11.4. The first-order chi connectivity index (χ1) is 10.1. The molecule has 0 radical (unpaired) electrons. The molecule has 0 aromatic carbocycles. The smallest absolute Gasteiger partial charge is 0.355 e. The minimum absolute atomic E-state index is 0.0382. The Kier molecular flexibility index (Phi) is 4.94. The Hall–Kier alpha value is -2.35. The number of rotatable bonds is 6. The number of hydrogen-bond acceptors (Lipinski definition) is 5. The lowest BCUT2D eigenvalue weighted by Crippen LogP contribution is -2.37. The molecule has 21 heavy (non-hydrogen) atoms. The van der Waals surface area contributed by atoms with Gasteiger partial charge in [-0.1, -0.05) is 0 Å². The van der Waals surface area contributed by atoms with E-state index in [0.29, 0.717) is 30.3 Å². The first-order valence-electron chi connectivity index (χ1n) is 6.25. The van der Waals surface area contributed by atoms with Crippen LogP contribution in [0.15, 0.2) is 28.2 Å². The Morgan fingerprint density at radius 3 is 2.95 bits per heavy atom. The van der Waals surface area contributed by atoms with E-state index in [1.54, 1.807) is 25.4 Å². The summed E-state index contributed by atoms with van der Waals surface area (Å²) < 4.78 is 5.17. The second-order valence-corrected chi connectivity index (χ2v) is 5.29. The van der Waals surface area contributed by atoms with Crippen LogP contribution in [0.1, 0.15) is 21.3 Å². The van der Waals surface area contributed by atoms with Crippen LogP contribution in [-0.4, -0.2) is 40.6 Å². The van der Waals surface area contributed by atoms with Crippen LogP contribution in [0.3, 0.4) is 0 Å². The van der Waals surface area contributed by atoms with Crippen LogP contribution in [0.4, 0.5) is 4.79 Å². The van der Waals surface area contributed by atoms with Crippen molar-refractivity contribution < 1.29 is 19.1 Å². The lowest BCUT2D eigenvalue weighted by Gasteiger charge is -2.16. The van der Waals surface area contributed by atoms with Crippen molar-refractivity contribution in [1.29, 1.82) is 0 Å². The standard InChI is InChI=1S/C13H15N3O4S/c1-16(7-9-3-2-6-20-9)13(19)14-5-4-11-15-10(8-21-11)12(17)18/h2-3,6,8H,4-5,7H2,1H3,(H,14,19)(H,17,18). The van der Waals surface area contributed by atoms with Crippen LogP contribution in [-0.2, 0) is 13.0 Å². The van der Waals surface area contributed by atoms with Crippen LogP contribution >= 0.6 is 11.3 Å². The largest absolute Gasteiger partial charge is 0.476 e. The maximum Gasteiger partial charge on any atom is 0.355 e. The molecule has 0 fully saturated rings. The Morgan fingerprint density at radius 2 is 2.33 bits per heavy atom. The normalized spacial score (nSPS) is 10.3. The molecule has 0 saturated carbocycles. The van der Waals surface area contributed by atoms with Crippen molar-refractivity contribution >= 4 is 23.3 Å². The van der Waals surface area contributed by atoms with Crippen LogP contribution in [0, 0.1) is 0 Å². The minimum atomic E-state index is -1.04. The van der Waals surface area contributed by atoms with E-state index in [-0.39, 0.29) is 11.7 Å². The maximum atomic E-state index is 11.8. The molecule has 2 amide bonds. The lowest BCUT2D eigenvalue weighted by molar-refractivity contribution is 0.0691. The van der Waals surface area contributed by atoms with Crippen molar-refractivity contribution in [2.24, 2.45) is 0 Å². The fourth-order valence-corrected chi connectivity index (χ4v) is 2.42. The number of carboxylic acids is 1. The van der Waals surface area contributed by atoms with E-state index in [0.717, 1.165) is 0 Å². The Balaban J connectivity index is 1.74. The van der Waals surface area contributed by atoms with Gasteiger partial charge in [-0.25, -0.2) is 14.6 Å². The van der Waals surface area contributed by atoms with Crippen molar-refractivity contribution in [2.45, 2.75) is 13.0 Å². The molecule has 7 nitrogen and oxygen atoms in total. The van der Waals surface area contributed by atoms with Gasteiger partial charge < -0.3 is 19.7 Å². The summed E-state index contributed by atoms with van der Waals surface area (Å²) in [5, 5.41) is 13.7. The summed E-state index contributed by atoms with van der Waals surface area (Å²) >= 11 is 1.27. The van der Waals surface area contributed by atoms with Gasteiger partial charge in [0.2, 0.25) is 0 Å². The molecule has 0 unspecified atom stereocenters. The van der Waals surface area contributed by atoms with Gasteiger partial charge in [-0.2, -0.15) is 0 Å². The minimum Gasteiger partial charge on any atom is -0.476 e. The average molecular weight is 309 g/mol. The van der Waals surface area contributed by atoms with E-state index in [4.69, 9.17) is 9.52 Å². The van der Waals surface area contributed by atoms with Gasteiger partial charge in [0.05, 0.1) is 17.8 Å². The third-order valence-electron chi connectivity index (χ3n) is 2.71. The summed E-state index contributed by atoms with van der Waals surface area (Å²) in [5.41, 5.74) is 0.0382. The van der Waals surface area contributed by atoms with Gasteiger partial charge in [0.15, 0.2) is 5.69 Å². The van der Waals surface area contributed by atoms with Gasteiger partial charge >= 0.3 is 12.0 Å². The number of nitrogens with one attached hydrogen (secondary N) is 1. The number of carbonyl (C=O) groups is 2. The number of hydrogen-bond donors (Lipinski definition) is 2. The highest BCUT2D eigenvalue weighted by Gasteiger charge is 2.11. The average Bonchev–Trinajstić information content (AvgIpc) is 3.09. The molecule has 8 heteroatoms.